The molecule has 1 aliphatic heterocycles. The van der Waals surface area contributed by atoms with Gasteiger partial charge in [0.05, 0.1) is 40.7 Å². The number of aliphatic hydroxyl groups excluding tert-OH is 1. The summed E-state index contributed by atoms with van der Waals surface area (Å²) in [6.07, 6.45) is 1.19. The first-order valence-electron chi connectivity index (χ1n) is 11.8. The van der Waals surface area contributed by atoms with Gasteiger partial charge in [0.25, 0.3) is 11.8 Å². The van der Waals surface area contributed by atoms with Crippen LogP contribution in [0.3, 0.4) is 0 Å². The van der Waals surface area contributed by atoms with Crippen molar-refractivity contribution < 1.29 is 23.8 Å². The highest BCUT2D eigenvalue weighted by Gasteiger charge is 2.27. The largest absolute Gasteiger partial charge is 0.391 e. The highest BCUT2D eigenvalue weighted by Crippen LogP contribution is 2.28. The van der Waals surface area contributed by atoms with Gasteiger partial charge in [0.15, 0.2) is 5.69 Å². The molecule has 3 heterocycles. The van der Waals surface area contributed by atoms with E-state index < -0.39 is 29.8 Å². The Kier molecular flexibility index (Phi) is 7.45. The van der Waals surface area contributed by atoms with E-state index in [0.717, 1.165) is 6.07 Å². The lowest BCUT2D eigenvalue weighted by atomic mass is 10.1. The number of rotatable bonds is 6. The molecule has 2 aromatic carbocycles. The standard InChI is InChI=1S/C27H23ClFN5O4/c28-19-13-20(29)18(21-8-4-5-10-30-21)12-17(19)26(36)32-25-14-22(33-34(25)16-6-2-1-3-7-16)27(37)31-23-15-38-11-9-24(23)35/h1-8,10,12-14,23-24,35H,9,11,15H2,(H,31,37)(H,32,36)/t23-,24+/m1/s1. The number of nitrogens with one attached hydrogen (secondary N) is 2. The Morgan fingerprint density at radius 3 is 2.61 bits per heavy atom. The number of ether oxygens (including phenoxy) is 1. The van der Waals surface area contributed by atoms with Crippen molar-refractivity contribution in [1.82, 2.24) is 20.1 Å². The number of carbonyl (C=O) groups excluding carboxylic acids is 2. The van der Waals surface area contributed by atoms with Crippen LogP contribution in [0.2, 0.25) is 5.02 Å². The van der Waals surface area contributed by atoms with E-state index in [1.54, 1.807) is 42.5 Å². The van der Waals surface area contributed by atoms with Crippen LogP contribution in [0.1, 0.15) is 27.3 Å². The molecule has 2 aromatic heterocycles. The van der Waals surface area contributed by atoms with Gasteiger partial charge in [-0.25, -0.2) is 9.07 Å². The fourth-order valence-electron chi connectivity index (χ4n) is 4.08. The number of pyridine rings is 1. The van der Waals surface area contributed by atoms with Gasteiger partial charge in [-0.3, -0.25) is 14.6 Å². The van der Waals surface area contributed by atoms with Crippen LogP contribution >= 0.6 is 11.6 Å². The van der Waals surface area contributed by atoms with Crippen molar-refractivity contribution >= 4 is 29.2 Å². The Bertz CT molecular complexity index is 1470. The molecule has 38 heavy (non-hydrogen) atoms. The minimum atomic E-state index is -0.739. The number of aromatic nitrogens is 3. The SMILES string of the molecule is O=C(N[C@@H]1COCC[C@@H]1O)c1cc(NC(=O)c2cc(-c3ccccn3)c(F)cc2Cl)n(-c2ccccc2)n1. The monoisotopic (exact) mass is 535 g/mol. The van der Waals surface area contributed by atoms with Crippen molar-refractivity contribution in [3.8, 4) is 16.9 Å². The molecule has 5 rings (SSSR count). The fraction of sp³-hybridized carbons (Fsp3) is 0.185. The highest BCUT2D eigenvalue weighted by molar-refractivity contribution is 6.34. The van der Waals surface area contributed by atoms with Crippen molar-refractivity contribution in [2.45, 2.75) is 18.6 Å². The first-order chi connectivity index (χ1) is 18.4. The molecule has 0 bridgehead atoms. The third kappa shape index (κ3) is 5.42. The minimum Gasteiger partial charge on any atom is -0.391 e. The normalized spacial score (nSPS) is 17.1. The number of para-hydroxylation sites is 1. The van der Waals surface area contributed by atoms with Crippen LogP contribution in [0.4, 0.5) is 10.2 Å². The number of anilines is 1. The quantitative estimate of drug-likeness (QED) is 0.345. The number of benzene rings is 2. The number of hydrogen-bond donors (Lipinski definition) is 3. The molecule has 1 aliphatic rings. The smallest absolute Gasteiger partial charge is 0.272 e. The third-order valence-electron chi connectivity index (χ3n) is 6.06. The Morgan fingerprint density at radius 2 is 1.87 bits per heavy atom. The van der Waals surface area contributed by atoms with Gasteiger partial charge in [0, 0.05) is 24.4 Å². The van der Waals surface area contributed by atoms with Crippen LogP contribution < -0.4 is 10.6 Å². The molecule has 0 radical (unpaired) electrons. The van der Waals surface area contributed by atoms with E-state index in [-0.39, 0.29) is 34.3 Å². The van der Waals surface area contributed by atoms with Gasteiger partial charge in [0.2, 0.25) is 0 Å². The molecule has 9 nitrogen and oxygen atoms in total. The zero-order valence-corrected chi connectivity index (χ0v) is 20.7. The lowest BCUT2D eigenvalue weighted by Crippen LogP contribution is -2.49. The number of aliphatic hydroxyl groups is 1. The molecule has 0 aliphatic carbocycles. The van der Waals surface area contributed by atoms with E-state index in [9.17, 15) is 19.1 Å². The van der Waals surface area contributed by atoms with E-state index in [0.29, 0.717) is 24.4 Å². The summed E-state index contributed by atoms with van der Waals surface area (Å²) in [4.78, 5) is 30.4. The van der Waals surface area contributed by atoms with Gasteiger partial charge in [-0.1, -0.05) is 35.9 Å². The highest BCUT2D eigenvalue weighted by atomic mass is 35.5. The second-order valence-electron chi connectivity index (χ2n) is 8.65. The van der Waals surface area contributed by atoms with E-state index in [2.05, 4.69) is 20.7 Å². The van der Waals surface area contributed by atoms with Crippen LogP contribution in [-0.4, -0.2) is 57.0 Å². The molecular weight excluding hydrogens is 513 g/mol. The predicted octanol–water partition coefficient (Wildman–Crippen LogP) is 3.86. The molecule has 194 valence electrons. The molecule has 1 saturated heterocycles. The van der Waals surface area contributed by atoms with Crippen molar-refractivity contribution in [3.63, 3.8) is 0 Å². The Balaban J connectivity index is 1.46. The molecule has 3 N–H and O–H groups in total. The minimum absolute atomic E-state index is 0.0151. The number of amides is 2. The number of carbonyl (C=O) groups is 2. The zero-order valence-electron chi connectivity index (χ0n) is 20.0. The Labute approximate surface area is 222 Å². The van der Waals surface area contributed by atoms with Gasteiger partial charge in [-0.15, -0.1) is 0 Å². The van der Waals surface area contributed by atoms with Crippen molar-refractivity contribution in [3.05, 3.63) is 95.0 Å². The summed E-state index contributed by atoms with van der Waals surface area (Å²) in [5.41, 5.74) is 1.08. The molecule has 0 saturated carbocycles. The van der Waals surface area contributed by atoms with E-state index in [1.165, 1.54) is 23.0 Å². The maximum absolute atomic E-state index is 14.7. The molecular formula is C27H23ClFN5O4. The lowest BCUT2D eigenvalue weighted by Gasteiger charge is -2.28. The second-order valence-corrected chi connectivity index (χ2v) is 9.06. The number of halogens is 2. The van der Waals surface area contributed by atoms with Crippen molar-refractivity contribution in [2.75, 3.05) is 18.5 Å². The van der Waals surface area contributed by atoms with Crippen LogP contribution in [-0.2, 0) is 4.74 Å². The van der Waals surface area contributed by atoms with Gasteiger partial charge in [-0.05, 0) is 42.8 Å². The first-order valence-corrected chi connectivity index (χ1v) is 12.2. The Hall–Kier alpha value is -4.12. The first kappa shape index (κ1) is 25.5. The summed E-state index contributed by atoms with van der Waals surface area (Å²) in [5, 5.41) is 19.9. The third-order valence-corrected chi connectivity index (χ3v) is 6.38. The molecule has 4 aromatic rings. The average Bonchev–Trinajstić information content (AvgIpc) is 3.35. The summed E-state index contributed by atoms with van der Waals surface area (Å²) in [6.45, 7) is 0.595. The van der Waals surface area contributed by atoms with Gasteiger partial charge in [0.1, 0.15) is 11.6 Å². The van der Waals surface area contributed by atoms with E-state index in [1.807, 2.05) is 6.07 Å². The topological polar surface area (TPSA) is 118 Å². The Morgan fingerprint density at radius 1 is 1.08 bits per heavy atom. The molecule has 0 unspecified atom stereocenters. The zero-order chi connectivity index (χ0) is 26.6. The molecule has 11 heteroatoms. The van der Waals surface area contributed by atoms with E-state index in [4.69, 9.17) is 16.3 Å². The molecule has 2 atom stereocenters. The van der Waals surface area contributed by atoms with Gasteiger partial charge >= 0.3 is 0 Å². The summed E-state index contributed by atoms with van der Waals surface area (Å²) in [6, 6.07) is 17.2. The molecule has 0 spiro atoms. The van der Waals surface area contributed by atoms with Gasteiger partial charge < -0.3 is 20.5 Å². The van der Waals surface area contributed by atoms with E-state index >= 15 is 0 Å². The van der Waals surface area contributed by atoms with Crippen LogP contribution in [0.5, 0.6) is 0 Å². The fourth-order valence-corrected chi connectivity index (χ4v) is 4.32. The van der Waals surface area contributed by atoms with Crippen molar-refractivity contribution in [1.29, 1.82) is 0 Å². The summed E-state index contributed by atoms with van der Waals surface area (Å²) in [7, 11) is 0. The molecule has 1 fully saturated rings. The molecule has 2 amide bonds. The van der Waals surface area contributed by atoms with Gasteiger partial charge in [-0.2, -0.15) is 5.10 Å². The van der Waals surface area contributed by atoms with Crippen LogP contribution in [0.15, 0.2) is 72.9 Å². The van der Waals surface area contributed by atoms with Crippen LogP contribution in [0.25, 0.3) is 16.9 Å². The second kappa shape index (κ2) is 11.1. The van der Waals surface area contributed by atoms with Crippen LogP contribution in [0, 0.1) is 5.82 Å². The summed E-state index contributed by atoms with van der Waals surface area (Å²) in [5.74, 6) is -1.60. The number of nitrogens with zero attached hydrogens (tertiary/aromatic N) is 3. The average molecular weight is 536 g/mol. The van der Waals surface area contributed by atoms with Crippen molar-refractivity contribution in [2.24, 2.45) is 0 Å². The summed E-state index contributed by atoms with van der Waals surface area (Å²) < 4.78 is 21.4. The number of hydrogen-bond acceptors (Lipinski definition) is 6. The predicted molar refractivity (Wildman–Crippen MR) is 139 cm³/mol. The maximum atomic E-state index is 14.7. The summed E-state index contributed by atoms with van der Waals surface area (Å²) >= 11 is 6.24. The maximum Gasteiger partial charge on any atom is 0.272 e. The lowest BCUT2D eigenvalue weighted by molar-refractivity contribution is -0.0140.